The number of methoxy groups -OCH3 is 1. The van der Waals surface area contributed by atoms with Crippen LogP contribution in [0.1, 0.15) is 69.6 Å². The molecule has 0 spiro atoms. The third-order valence-electron chi connectivity index (χ3n) is 6.30. The number of thioether (sulfide) groups is 1. The van der Waals surface area contributed by atoms with Crippen LogP contribution in [0.5, 0.6) is 0 Å². The second-order valence-electron chi connectivity index (χ2n) is 8.67. The average molecular weight is 543 g/mol. The van der Waals surface area contributed by atoms with Gasteiger partial charge in [0.15, 0.2) is 11.3 Å². The summed E-state index contributed by atoms with van der Waals surface area (Å²) in [7, 11) is 1.34. The zero-order valence-corrected chi connectivity index (χ0v) is 23.0. The van der Waals surface area contributed by atoms with E-state index < -0.39 is 23.9 Å². The smallest absolute Gasteiger partial charge is 0.341 e. The summed E-state index contributed by atoms with van der Waals surface area (Å²) in [6.45, 7) is 3.63. The number of carbonyl (C=O) groups excluding carboxylic acids is 3. The lowest BCUT2D eigenvalue weighted by atomic mass is 10.1. The van der Waals surface area contributed by atoms with Gasteiger partial charge in [0.25, 0.3) is 5.91 Å². The number of hydrogen-bond acceptors (Lipinski definition) is 9. The largest absolute Gasteiger partial charge is 0.465 e. The van der Waals surface area contributed by atoms with Gasteiger partial charge in [0.05, 0.1) is 18.2 Å². The number of benzene rings is 1. The first kappa shape index (κ1) is 26.9. The van der Waals surface area contributed by atoms with E-state index in [9.17, 15) is 14.4 Å². The second-order valence-corrected chi connectivity index (χ2v) is 10.5. The lowest BCUT2D eigenvalue weighted by Crippen LogP contribution is -2.32. The summed E-state index contributed by atoms with van der Waals surface area (Å²) in [5.41, 5.74) is 2.52. The van der Waals surface area contributed by atoms with Crippen molar-refractivity contribution in [2.75, 3.05) is 18.7 Å². The normalized spacial score (nSPS) is 13.8. The number of nitrogens with one attached hydrogen (secondary N) is 1. The maximum Gasteiger partial charge on any atom is 0.341 e. The number of ether oxygens (including phenoxy) is 2. The van der Waals surface area contributed by atoms with Crippen molar-refractivity contribution in [1.82, 2.24) is 14.8 Å². The van der Waals surface area contributed by atoms with Crippen LogP contribution in [0.3, 0.4) is 0 Å². The molecular weight excluding hydrogens is 512 g/mol. The first-order valence-electron chi connectivity index (χ1n) is 12.2. The number of anilines is 1. The number of thiophene rings is 1. The highest BCUT2D eigenvalue weighted by Crippen LogP contribution is 2.38. The zero-order valence-electron chi connectivity index (χ0n) is 21.3. The van der Waals surface area contributed by atoms with Gasteiger partial charge in [-0.15, -0.1) is 21.5 Å². The van der Waals surface area contributed by atoms with Gasteiger partial charge in [-0.3, -0.25) is 9.36 Å². The van der Waals surface area contributed by atoms with E-state index in [2.05, 4.69) is 15.5 Å². The molecule has 4 rings (SSSR count). The van der Waals surface area contributed by atoms with Crippen LogP contribution in [0, 0.1) is 6.92 Å². The molecule has 11 heteroatoms. The molecule has 1 aliphatic rings. The van der Waals surface area contributed by atoms with Gasteiger partial charge in [-0.2, -0.15) is 0 Å². The molecule has 2 heterocycles. The number of fused-ring (bicyclic) bond motifs is 1. The van der Waals surface area contributed by atoms with Crippen molar-refractivity contribution in [3.8, 4) is 5.69 Å². The minimum Gasteiger partial charge on any atom is -0.465 e. The Morgan fingerprint density at radius 1 is 1.11 bits per heavy atom. The molecule has 196 valence electrons. The van der Waals surface area contributed by atoms with Crippen molar-refractivity contribution in [3.63, 3.8) is 0 Å². The number of rotatable bonds is 8. The summed E-state index contributed by atoms with van der Waals surface area (Å²) >= 11 is 2.88. The second kappa shape index (κ2) is 11.9. The minimum atomic E-state index is -1.01. The Labute approximate surface area is 224 Å². The molecule has 37 heavy (non-hydrogen) atoms. The minimum absolute atomic E-state index is 0.283. The molecule has 3 aromatic rings. The molecule has 1 aromatic carbocycles. The summed E-state index contributed by atoms with van der Waals surface area (Å²) in [6.07, 6.45) is 5.98. The third-order valence-corrected chi connectivity index (χ3v) is 8.14. The van der Waals surface area contributed by atoms with Crippen LogP contribution in [0.25, 0.3) is 5.69 Å². The number of aryl methyl sites for hydroxylation is 2. The Morgan fingerprint density at radius 2 is 1.84 bits per heavy atom. The van der Waals surface area contributed by atoms with Gasteiger partial charge in [0.1, 0.15) is 10.8 Å². The van der Waals surface area contributed by atoms with Crippen molar-refractivity contribution in [2.24, 2.45) is 0 Å². The Kier molecular flexibility index (Phi) is 8.65. The fraction of sp³-hybridized carbons (Fsp3) is 0.423. The van der Waals surface area contributed by atoms with Crippen molar-refractivity contribution in [2.45, 2.75) is 63.6 Å². The van der Waals surface area contributed by atoms with Gasteiger partial charge in [-0.25, -0.2) is 9.59 Å². The number of nitrogens with zero attached hydrogens (tertiary/aromatic N) is 3. The van der Waals surface area contributed by atoms with E-state index in [1.807, 2.05) is 17.7 Å². The van der Waals surface area contributed by atoms with E-state index in [-0.39, 0.29) is 6.42 Å². The van der Waals surface area contributed by atoms with Crippen molar-refractivity contribution < 1.29 is 23.9 Å². The van der Waals surface area contributed by atoms with Gasteiger partial charge in [0.2, 0.25) is 0 Å². The predicted molar refractivity (Wildman–Crippen MR) is 143 cm³/mol. The Balaban J connectivity index is 1.49. The molecule has 0 aliphatic heterocycles. The van der Waals surface area contributed by atoms with Crippen molar-refractivity contribution >= 4 is 45.9 Å². The Bertz CT molecular complexity index is 1300. The topological polar surface area (TPSA) is 112 Å². The molecule has 0 fully saturated rings. The maximum absolute atomic E-state index is 13.1. The Morgan fingerprint density at radius 3 is 2.51 bits per heavy atom. The lowest BCUT2D eigenvalue weighted by molar-refractivity contribution is -0.124. The molecule has 1 unspecified atom stereocenters. The van der Waals surface area contributed by atoms with Crippen LogP contribution >= 0.6 is 23.1 Å². The first-order chi connectivity index (χ1) is 17.9. The van der Waals surface area contributed by atoms with Gasteiger partial charge < -0.3 is 14.8 Å². The van der Waals surface area contributed by atoms with Crippen LogP contribution in [-0.2, 0) is 27.1 Å². The standard InChI is InChI=1S/C26H30N4O5S2/c1-5-19(22(31)27-23-21(25(33)34-3)18-9-7-6-8-10-20(18)37-23)35-24(32)16-11-13-17(14-12-16)30-15(2)28-29-26(30)36-4/h11-14,19H,5-10H2,1-4H3,(H,27,31). The summed E-state index contributed by atoms with van der Waals surface area (Å²) in [5.74, 6) is -0.805. The van der Waals surface area contributed by atoms with Crippen LogP contribution < -0.4 is 5.32 Å². The third kappa shape index (κ3) is 5.72. The SMILES string of the molecule is CCC(OC(=O)c1ccc(-n2c(C)nnc2SC)cc1)C(=O)Nc1sc2c(c1C(=O)OC)CCCCC2. The first-order valence-corrected chi connectivity index (χ1v) is 14.2. The number of hydrogen-bond donors (Lipinski definition) is 1. The summed E-state index contributed by atoms with van der Waals surface area (Å²) in [6, 6.07) is 6.87. The summed E-state index contributed by atoms with van der Waals surface area (Å²) < 4.78 is 12.5. The van der Waals surface area contributed by atoms with E-state index in [1.165, 1.54) is 30.2 Å². The molecule has 1 aliphatic carbocycles. The molecule has 0 saturated carbocycles. The molecule has 1 atom stereocenters. The highest BCUT2D eigenvalue weighted by atomic mass is 32.2. The monoisotopic (exact) mass is 542 g/mol. The quantitative estimate of drug-likeness (QED) is 0.241. The molecule has 0 bridgehead atoms. The number of aromatic nitrogens is 3. The fourth-order valence-electron chi connectivity index (χ4n) is 4.38. The van der Waals surface area contributed by atoms with Crippen molar-refractivity contribution in [3.05, 3.63) is 51.7 Å². The highest BCUT2D eigenvalue weighted by Gasteiger charge is 2.29. The molecule has 0 radical (unpaired) electrons. The van der Waals surface area contributed by atoms with Gasteiger partial charge in [-0.1, -0.05) is 25.1 Å². The van der Waals surface area contributed by atoms with Crippen LogP contribution in [-0.4, -0.2) is 52.1 Å². The van der Waals surface area contributed by atoms with Crippen molar-refractivity contribution in [1.29, 1.82) is 0 Å². The molecule has 0 saturated heterocycles. The average Bonchev–Trinajstić information content (AvgIpc) is 3.36. The van der Waals surface area contributed by atoms with E-state index in [4.69, 9.17) is 9.47 Å². The van der Waals surface area contributed by atoms with Crippen LogP contribution in [0.4, 0.5) is 5.00 Å². The van der Waals surface area contributed by atoms with E-state index >= 15 is 0 Å². The van der Waals surface area contributed by atoms with Crippen LogP contribution in [0.15, 0.2) is 29.4 Å². The molecule has 9 nitrogen and oxygen atoms in total. The van der Waals surface area contributed by atoms with E-state index in [1.54, 1.807) is 31.2 Å². The summed E-state index contributed by atoms with van der Waals surface area (Å²) in [5, 5.41) is 12.3. The van der Waals surface area contributed by atoms with Gasteiger partial charge in [0, 0.05) is 10.6 Å². The number of carbonyl (C=O) groups is 3. The number of esters is 2. The molecular formula is C26H30N4O5S2. The van der Waals surface area contributed by atoms with Gasteiger partial charge in [-0.05, 0) is 75.1 Å². The van der Waals surface area contributed by atoms with E-state index in [0.29, 0.717) is 16.1 Å². The predicted octanol–water partition coefficient (Wildman–Crippen LogP) is 4.99. The Hall–Kier alpha value is -3.18. The zero-order chi connectivity index (χ0) is 26.5. The van der Waals surface area contributed by atoms with Gasteiger partial charge >= 0.3 is 11.9 Å². The van der Waals surface area contributed by atoms with E-state index in [0.717, 1.165) is 59.2 Å². The maximum atomic E-state index is 13.1. The fourth-order valence-corrected chi connectivity index (χ4v) is 6.20. The molecule has 2 aromatic heterocycles. The highest BCUT2D eigenvalue weighted by molar-refractivity contribution is 7.98. The number of amides is 1. The molecule has 1 N–H and O–H groups in total. The summed E-state index contributed by atoms with van der Waals surface area (Å²) in [4.78, 5) is 39.7. The molecule has 1 amide bonds. The lowest BCUT2D eigenvalue weighted by Gasteiger charge is -2.16. The van der Waals surface area contributed by atoms with Crippen LogP contribution in [0.2, 0.25) is 0 Å².